The maximum Gasteiger partial charge on any atom is 0.306 e. The van der Waals surface area contributed by atoms with E-state index in [1.807, 2.05) is 21.1 Å². The van der Waals surface area contributed by atoms with E-state index in [4.69, 9.17) is 18.5 Å². The van der Waals surface area contributed by atoms with Crippen molar-refractivity contribution >= 4 is 13.8 Å². The zero-order valence-electron chi connectivity index (χ0n) is 42.2. The first-order valence-corrected chi connectivity index (χ1v) is 27.6. The zero-order chi connectivity index (χ0) is 46.9. The molecule has 0 saturated heterocycles. The van der Waals surface area contributed by atoms with Gasteiger partial charge in [-0.1, -0.05) is 196 Å². The van der Waals surface area contributed by atoms with E-state index in [9.17, 15) is 14.3 Å². The van der Waals surface area contributed by atoms with E-state index in [0.717, 1.165) is 64.2 Å². The molecule has 0 saturated carbocycles. The fraction of sp³-hybridized carbons (Fsp3) is 0.764. The van der Waals surface area contributed by atoms with E-state index >= 15 is 0 Å². The van der Waals surface area contributed by atoms with Crippen LogP contribution in [0.1, 0.15) is 213 Å². The van der Waals surface area contributed by atoms with Crippen molar-refractivity contribution in [2.45, 2.75) is 219 Å². The molecule has 0 radical (unpaired) electrons. The first kappa shape index (κ1) is 61.9. The maximum atomic E-state index is 12.8. The number of nitrogens with zero attached hydrogens (tertiary/aromatic N) is 1. The lowest BCUT2D eigenvalue weighted by Crippen LogP contribution is -2.37. The number of unbranched alkanes of at least 4 members (excludes halogenated alkanes) is 22. The van der Waals surface area contributed by atoms with Gasteiger partial charge in [0.1, 0.15) is 19.3 Å². The van der Waals surface area contributed by atoms with Gasteiger partial charge >= 0.3 is 5.97 Å². The molecule has 0 heterocycles. The Morgan fingerprint density at radius 3 is 1.36 bits per heavy atom. The summed E-state index contributed by atoms with van der Waals surface area (Å²) in [4.78, 5) is 25.2. The molecular weight excluding hydrogens is 818 g/mol. The Morgan fingerprint density at radius 1 is 0.500 bits per heavy atom. The van der Waals surface area contributed by atoms with Gasteiger partial charge in [-0.05, 0) is 83.5 Å². The largest absolute Gasteiger partial charge is 0.756 e. The molecule has 0 aromatic heterocycles. The second-order valence-corrected chi connectivity index (χ2v) is 19.9. The van der Waals surface area contributed by atoms with Crippen LogP contribution in [0.25, 0.3) is 0 Å². The minimum absolute atomic E-state index is 0.0211. The van der Waals surface area contributed by atoms with Crippen LogP contribution in [0, 0.1) is 0 Å². The molecule has 0 aliphatic carbocycles. The van der Waals surface area contributed by atoms with Gasteiger partial charge in [0.05, 0.1) is 34.4 Å². The van der Waals surface area contributed by atoms with Gasteiger partial charge in [0.2, 0.25) is 0 Å². The lowest BCUT2D eigenvalue weighted by molar-refractivity contribution is -0.870. The molecule has 2 unspecified atom stereocenters. The van der Waals surface area contributed by atoms with E-state index in [-0.39, 0.29) is 25.8 Å². The van der Waals surface area contributed by atoms with Crippen molar-refractivity contribution in [3.8, 4) is 0 Å². The monoisotopic (exact) mass is 918 g/mol. The van der Waals surface area contributed by atoms with Crippen LogP contribution in [0.3, 0.4) is 0 Å². The predicted molar refractivity (Wildman–Crippen MR) is 272 cm³/mol. The summed E-state index contributed by atoms with van der Waals surface area (Å²) in [6.45, 7) is 5.27. The standard InChI is InChI=1S/C55H100NO7P/c1-6-8-10-12-14-16-18-20-22-24-26-27-28-29-30-32-34-36-38-40-42-44-46-48-55(57)63-54(53-62-64(58,59)61-51-49-56(3,4)5)52-60-50-47-45-43-41-39-37-35-33-31-25-23-21-19-17-15-13-11-9-7-2/h8,10,14,16-17,19-20,22-23,25-27,54H,6-7,9,11-13,15,18,21,24,28-53H2,1-5H3/b10-8-,16-14-,19-17-,22-20-,25-23-,27-26-. The molecule has 0 bridgehead atoms. The molecule has 0 spiro atoms. The molecule has 9 heteroatoms. The Labute approximate surface area is 395 Å². The number of hydrogen-bond acceptors (Lipinski definition) is 7. The maximum absolute atomic E-state index is 12.8. The SMILES string of the molecule is CC/C=C\C/C=C\C/C=C\C/C=C\CCCCCCCCCCCCC(=O)OC(COCCCCCCCCCC/C=C\C/C=C\CCCCCC)COP(=O)([O-])OCC[N+](C)(C)C. The van der Waals surface area contributed by atoms with Crippen LogP contribution in [0.5, 0.6) is 0 Å². The van der Waals surface area contributed by atoms with Crippen molar-refractivity contribution in [2.75, 3.05) is 54.1 Å². The Balaban J connectivity index is 4.16. The average Bonchev–Trinajstić information content (AvgIpc) is 3.25. The normalized spacial score (nSPS) is 14.2. The quantitative estimate of drug-likeness (QED) is 0.0197. The van der Waals surface area contributed by atoms with Crippen molar-refractivity contribution in [3.05, 3.63) is 72.9 Å². The highest BCUT2D eigenvalue weighted by atomic mass is 31.2. The fourth-order valence-corrected chi connectivity index (χ4v) is 7.71. The Hall–Kier alpha value is -2.06. The summed E-state index contributed by atoms with van der Waals surface area (Å²) < 4.78 is 34.8. The average molecular weight is 918 g/mol. The lowest BCUT2D eigenvalue weighted by atomic mass is 10.0. The lowest BCUT2D eigenvalue weighted by Gasteiger charge is -2.28. The number of carbonyl (C=O) groups excluding carboxylic acids is 1. The summed E-state index contributed by atoms with van der Waals surface area (Å²) in [5.74, 6) is -0.342. The van der Waals surface area contributed by atoms with Crippen LogP contribution in [0.2, 0.25) is 0 Å². The molecule has 372 valence electrons. The van der Waals surface area contributed by atoms with Crippen molar-refractivity contribution < 1.29 is 37.3 Å². The number of carbonyl (C=O) groups is 1. The van der Waals surface area contributed by atoms with Crippen molar-refractivity contribution in [1.82, 2.24) is 0 Å². The first-order chi connectivity index (χ1) is 31.1. The number of quaternary nitrogens is 1. The molecule has 2 atom stereocenters. The number of allylic oxidation sites excluding steroid dienone is 12. The summed E-state index contributed by atoms with van der Waals surface area (Å²) in [7, 11) is 1.34. The third kappa shape index (κ3) is 50.9. The van der Waals surface area contributed by atoms with Gasteiger partial charge < -0.3 is 27.9 Å². The third-order valence-corrected chi connectivity index (χ3v) is 12.0. The molecular formula is C55H100NO7P. The highest BCUT2D eigenvalue weighted by Gasteiger charge is 2.20. The summed E-state index contributed by atoms with van der Waals surface area (Å²) in [5.41, 5.74) is 0. The van der Waals surface area contributed by atoms with Gasteiger partial charge in [-0.3, -0.25) is 9.36 Å². The Kier molecular flexibility index (Phi) is 45.9. The van der Waals surface area contributed by atoms with Gasteiger partial charge in [-0.2, -0.15) is 0 Å². The number of likely N-dealkylation sites (N-methyl/N-ethyl adjacent to an activating group) is 1. The van der Waals surface area contributed by atoms with Crippen molar-refractivity contribution in [3.63, 3.8) is 0 Å². The molecule has 0 N–H and O–H groups in total. The summed E-state index contributed by atoms with van der Waals surface area (Å²) in [6, 6.07) is 0. The van der Waals surface area contributed by atoms with Crippen molar-refractivity contribution in [2.24, 2.45) is 0 Å². The van der Waals surface area contributed by atoms with Crippen LogP contribution in [-0.2, 0) is 27.9 Å². The Morgan fingerprint density at radius 2 is 0.906 bits per heavy atom. The van der Waals surface area contributed by atoms with Gasteiger partial charge in [0.25, 0.3) is 7.82 Å². The number of rotatable bonds is 48. The van der Waals surface area contributed by atoms with Gasteiger partial charge in [0, 0.05) is 13.0 Å². The fourth-order valence-electron chi connectivity index (χ4n) is 6.98. The minimum Gasteiger partial charge on any atom is -0.756 e. The van der Waals surface area contributed by atoms with Gasteiger partial charge in [0.15, 0.2) is 0 Å². The number of phosphoric acid groups is 1. The molecule has 8 nitrogen and oxygen atoms in total. The van der Waals surface area contributed by atoms with Gasteiger partial charge in [-0.25, -0.2) is 0 Å². The number of esters is 1. The van der Waals surface area contributed by atoms with E-state index < -0.39 is 13.9 Å². The number of hydrogen-bond donors (Lipinski definition) is 0. The highest BCUT2D eigenvalue weighted by Crippen LogP contribution is 2.38. The third-order valence-electron chi connectivity index (χ3n) is 11.0. The molecule has 0 amide bonds. The van der Waals surface area contributed by atoms with E-state index in [2.05, 4.69) is 86.8 Å². The van der Waals surface area contributed by atoms with Crippen LogP contribution < -0.4 is 4.89 Å². The number of ether oxygens (including phenoxy) is 2. The summed E-state index contributed by atoms with van der Waals surface area (Å²) >= 11 is 0. The second-order valence-electron chi connectivity index (χ2n) is 18.5. The smallest absolute Gasteiger partial charge is 0.306 e. The number of phosphoric ester groups is 1. The van der Waals surface area contributed by atoms with Crippen LogP contribution in [-0.4, -0.2) is 70.7 Å². The molecule has 0 aliphatic heterocycles. The molecule has 0 aromatic rings. The van der Waals surface area contributed by atoms with E-state index in [0.29, 0.717) is 24.1 Å². The predicted octanol–water partition coefficient (Wildman–Crippen LogP) is 15.6. The molecule has 0 aromatic carbocycles. The first-order valence-electron chi connectivity index (χ1n) is 26.2. The summed E-state index contributed by atoms with van der Waals surface area (Å²) in [6.07, 6.45) is 62.1. The van der Waals surface area contributed by atoms with Crippen LogP contribution in [0.15, 0.2) is 72.9 Å². The molecule has 0 rings (SSSR count). The summed E-state index contributed by atoms with van der Waals surface area (Å²) in [5, 5.41) is 0. The van der Waals surface area contributed by atoms with E-state index in [1.54, 1.807) is 0 Å². The van der Waals surface area contributed by atoms with Crippen molar-refractivity contribution in [1.29, 1.82) is 0 Å². The van der Waals surface area contributed by atoms with Crippen LogP contribution >= 0.6 is 7.82 Å². The van der Waals surface area contributed by atoms with E-state index in [1.165, 1.54) is 128 Å². The topological polar surface area (TPSA) is 94.1 Å². The molecule has 64 heavy (non-hydrogen) atoms. The minimum atomic E-state index is -4.54. The van der Waals surface area contributed by atoms with Gasteiger partial charge in [-0.15, -0.1) is 0 Å². The molecule has 0 fully saturated rings. The highest BCUT2D eigenvalue weighted by molar-refractivity contribution is 7.45. The molecule has 0 aliphatic rings. The second kappa shape index (κ2) is 47.4. The zero-order valence-corrected chi connectivity index (χ0v) is 43.1. The van der Waals surface area contributed by atoms with Crippen LogP contribution in [0.4, 0.5) is 0 Å². The Bertz CT molecular complexity index is 1250.